The van der Waals surface area contributed by atoms with Gasteiger partial charge >= 0.3 is 6.03 Å². The Morgan fingerprint density at radius 2 is 1.85 bits per heavy atom. The predicted octanol–water partition coefficient (Wildman–Crippen LogP) is 5.09. The zero-order chi connectivity index (χ0) is 19.2. The lowest BCUT2D eigenvalue weighted by Gasteiger charge is -2.29. The lowest BCUT2D eigenvalue weighted by Crippen LogP contribution is -2.41. The van der Waals surface area contributed by atoms with Crippen molar-refractivity contribution in [2.24, 2.45) is 0 Å². The zero-order valence-corrected chi connectivity index (χ0v) is 15.9. The normalized spacial score (nSPS) is 19.5. The van der Waals surface area contributed by atoms with Crippen molar-refractivity contribution in [3.63, 3.8) is 0 Å². The minimum Gasteiger partial charge on any atom is -0.373 e. The highest BCUT2D eigenvalue weighted by molar-refractivity contribution is 5.89. The molecular formula is C22H27FN2O2. The molecule has 1 saturated carbocycles. The van der Waals surface area contributed by atoms with Crippen molar-refractivity contribution in [1.82, 2.24) is 5.32 Å². The maximum Gasteiger partial charge on any atom is 0.319 e. The summed E-state index contributed by atoms with van der Waals surface area (Å²) in [6, 6.07) is 12.8. The molecule has 2 N–H and O–H groups in total. The van der Waals surface area contributed by atoms with Crippen molar-refractivity contribution in [2.45, 2.75) is 58.3 Å². The SMILES string of the molecule is Cc1cccc(NC(=O)NC2CCC(OCc3c(C)cccc3F)CC2)c1. The van der Waals surface area contributed by atoms with E-state index in [4.69, 9.17) is 4.74 Å². The van der Waals surface area contributed by atoms with Gasteiger partial charge in [0, 0.05) is 17.3 Å². The monoisotopic (exact) mass is 370 g/mol. The molecule has 0 radical (unpaired) electrons. The summed E-state index contributed by atoms with van der Waals surface area (Å²) in [5.74, 6) is -0.210. The first-order chi connectivity index (χ1) is 13.0. The summed E-state index contributed by atoms with van der Waals surface area (Å²) in [5.41, 5.74) is 3.45. The van der Waals surface area contributed by atoms with Gasteiger partial charge in [-0.2, -0.15) is 0 Å². The van der Waals surface area contributed by atoms with Crippen LogP contribution in [0.25, 0.3) is 0 Å². The van der Waals surface area contributed by atoms with E-state index in [0.29, 0.717) is 12.2 Å². The highest BCUT2D eigenvalue weighted by Gasteiger charge is 2.23. The van der Waals surface area contributed by atoms with Crippen LogP contribution in [0.2, 0.25) is 0 Å². The average Bonchev–Trinajstić information content (AvgIpc) is 2.62. The van der Waals surface area contributed by atoms with E-state index in [1.807, 2.05) is 44.2 Å². The smallest absolute Gasteiger partial charge is 0.319 e. The van der Waals surface area contributed by atoms with Crippen LogP contribution in [0.4, 0.5) is 14.9 Å². The molecule has 0 heterocycles. The number of amides is 2. The molecule has 27 heavy (non-hydrogen) atoms. The summed E-state index contributed by atoms with van der Waals surface area (Å²) in [6.45, 7) is 4.19. The molecule has 0 bridgehead atoms. The Morgan fingerprint density at radius 1 is 1.11 bits per heavy atom. The molecule has 2 amide bonds. The molecule has 0 atom stereocenters. The Hall–Kier alpha value is -2.40. The number of nitrogens with one attached hydrogen (secondary N) is 2. The van der Waals surface area contributed by atoms with Crippen LogP contribution in [0.5, 0.6) is 0 Å². The summed E-state index contributed by atoms with van der Waals surface area (Å²) >= 11 is 0. The number of urea groups is 1. The third-order valence-electron chi connectivity index (χ3n) is 5.10. The van der Waals surface area contributed by atoms with Gasteiger partial charge in [-0.1, -0.05) is 24.3 Å². The summed E-state index contributed by atoms with van der Waals surface area (Å²) in [4.78, 5) is 12.2. The largest absolute Gasteiger partial charge is 0.373 e. The van der Waals surface area contributed by atoms with Crippen LogP contribution < -0.4 is 10.6 Å². The molecule has 5 heteroatoms. The molecule has 0 aliphatic heterocycles. The Labute approximate surface area is 160 Å². The molecule has 1 aliphatic carbocycles. The van der Waals surface area contributed by atoms with Gasteiger partial charge in [0.1, 0.15) is 5.82 Å². The Morgan fingerprint density at radius 3 is 2.56 bits per heavy atom. The van der Waals surface area contributed by atoms with Gasteiger partial charge in [-0.3, -0.25) is 0 Å². The van der Waals surface area contributed by atoms with Gasteiger partial charge in [0.15, 0.2) is 0 Å². The van der Waals surface area contributed by atoms with Crippen LogP contribution in [0.3, 0.4) is 0 Å². The van der Waals surface area contributed by atoms with E-state index in [2.05, 4.69) is 10.6 Å². The standard InChI is InChI=1S/C22H27FN2O2/c1-15-5-3-7-18(13-15)25-22(26)24-17-9-11-19(12-10-17)27-14-20-16(2)6-4-8-21(20)23/h3-8,13,17,19H,9-12,14H2,1-2H3,(H2,24,25,26). The lowest BCUT2D eigenvalue weighted by atomic mass is 9.93. The molecule has 1 aliphatic rings. The third-order valence-corrected chi connectivity index (χ3v) is 5.10. The fourth-order valence-electron chi connectivity index (χ4n) is 3.50. The second kappa shape index (κ2) is 9.00. The lowest BCUT2D eigenvalue weighted by molar-refractivity contribution is 0.0107. The maximum absolute atomic E-state index is 13.9. The topological polar surface area (TPSA) is 50.4 Å². The Balaban J connectivity index is 1.41. The van der Waals surface area contributed by atoms with Crippen LogP contribution in [-0.4, -0.2) is 18.2 Å². The second-order valence-corrected chi connectivity index (χ2v) is 7.29. The van der Waals surface area contributed by atoms with Crippen molar-refractivity contribution in [3.8, 4) is 0 Å². The zero-order valence-electron chi connectivity index (χ0n) is 15.9. The van der Waals surface area contributed by atoms with Gasteiger partial charge in [-0.25, -0.2) is 9.18 Å². The quantitative estimate of drug-likeness (QED) is 0.770. The van der Waals surface area contributed by atoms with Gasteiger partial charge < -0.3 is 15.4 Å². The number of hydrogen-bond donors (Lipinski definition) is 2. The summed E-state index contributed by atoms with van der Waals surface area (Å²) < 4.78 is 19.8. The van der Waals surface area contributed by atoms with Gasteiger partial charge in [-0.05, 0) is 68.9 Å². The van der Waals surface area contributed by atoms with Crippen molar-refractivity contribution >= 4 is 11.7 Å². The van der Waals surface area contributed by atoms with Crippen LogP contribution in [0.15, 0.2) is 42.5 Å². The van der Waals surface area contributed by atoms with E-state index < -0.39 is 0 Å². The summed E-state index contributed by atoms with van der Waals surface area (Å²) in [5, 5.41) is 5.91. The molecule has 3 rings (SSSR count). The molecule has 0 saturated heterocycles. The number of halogens is 1. The molecule has 144 valence electrons. The number of anilines is 1. The first kappa shape index (κ1) is 19.4. The molecule has 2 aromatic rings. The molecule has 0 unspecified atom stereocenters. The third kappa shape index (κ3) is 5.54. The first-order valence-electron chi connectivity index (χ1n) is 9.51. The van der Waals surface area contributed by atoms with Crippen LogP contribution >= 0.6 is 0 Å². The fourth-order valence-corrected chi connectivity index (χ4v) is 3.50. The number of benzene rings is 2. The van der Waals surface area contributed by atoms with E-state index in [-0.39, 0.29) is 24.0 Å². The number of rotatable bonds is 5. The van der Waals surface area contributed by atoms with E-state index >= 15 is 0 Å². The highest BCUT2D eigenvalue weighted by atomic mass is 19.1. The van der Waals surface area contributed by atoms with Gasteiger partial charge in [0.2, 0.25) is 0 Å². The predicted molar refractivity (Wildman–Crippen MR) is 105 cm³/mol. The number of hydrogen-bond acceptors (Lipinski definition) is 2. The minimum absolute atomic E-state index is 0.113. The number of carbonyl (C=O) groups is 1. The van der Waals surface area contributed by atoms with Crippen LogP contribution in [0, 0.1) is 19.7 Å². The first-order valence-corrected chi connectivity index (χ1v) is 9.51. The van der Waals surface area contributed by atoms with Crippen molar-refractivity contribution in [2.75, 3.05) is 5.32 Å². The van der Waals surface area contributed by atoms with Crippen molar-refractivity contribution in [1.29, 1.82) is 0 Å². The number of aryl methyl sites for hydroxylation is 2. The van der Waals surface area contributed by atoms with E-state index in [9.17, 15) is 9.18 Å². The van der Waals surface area contributed by atoms with Crippen molar-refractivity contribution < 1.29 is 13.9 Å². The van der Waals surface area contributed by atoms with Crippen molar-refractivity contribution in [3.05, 3.63) is 65.0 Å². The molecule has 2 aromatic carbocycles. The molecule has 4 nitrogen and oxygen atoms in total. The summed E-state index contributed by atoms with van der Waals surface area (Å²) in [7, 11) is 0. The Bertz CT molecular complexity index is 765. The van der Waals surface area contributed by atoms with E-state index in [1.165, 1.54) is 6.07 Å². The Kier molecular flexibility index (Phi) is 6.45. The number of carbonyl (C=O) groups excluding carboxylic acids is 1. The van der Waals surface area contributed by atoms with Gasteiger partial charge in [-0.15, -0.1) is 0 Å². The molecular weight excluding hydrogens is 343 g/mol. The molecule has 0 aromatic heterocycles. The fraction of sp³-hybridized carbons (Fsp3) is 0.409. The van der Waals surface area contributed by atoms with Crippen LogP contribution in [0.1, 0.15) is 42.4 Å². The number of ether oxygens (including phenoxy) is 1. The second-order valence-electron chi connectivity index (χ2n) is 7.29. The highest BCUT2D eigenvalue weighted by Crippen LogP contribution is 2.24. The van der Waals surface area contributed by atoms with E-state index in [1.54, 1.807) is 6.07 Å². The maximum atomic E-state index is 13.9. The van der Waals surface area contributed by atoms with Crippen LogP contribution in [-0.2, 0) is 11.3 Å². The van der Waals surface area contributed by atoms with Gasteiger partial charge in [0.05, 0.1) is 12.7 Å². The van der Waals surface area contributed by atoms with E-state index in [0.717, 1.165) is 42.5 Å². The summed E-state index contributed by atoms with van der Waals surface area (Å²) in [6.07, 6.45) is 3.57. The van der Waals surface area contributed by atoms with Gasteiger partial charge in [0.25, 0.3) is 0 Å². The molecule has 1 fully saturated rings. The minimum atomic E-state index is -0.210. The average molecular weight is 370 g/mol. The molecule has 0 spiro atoms.